The Morgan fingerprint density at radius 2 is 1.84 bits per heavy atom. The normalized spacial score (nSPS) is 14.9. The number of benzene rings is 2. The van der Waals surface area contributed by atoms with Crippen molar-refractivity contribution in [1.29, 1.82) is 5.26 Å². The van der Waals surface area contributed by atoms with Crippen LogP contribution in [0.5, 0.6) is 11.5 Å². The highest BCUT2D eigenvalue weighted by molar-refractivity contribution is 5.93. The lowest BCUT2D eigenvalue weighted by Gasteiger charge is -2.27. The molecule has 194 valence electrons. The summed E-state index contributed by atoms with van der Waals surface area (Å²) in [6.45, 7) is 7.36. The fourth-order valence-electron chi connectivity index (χ4n) is 4.06. The molecule has 0 bridgehead atoms. The molecule has 2 aromatic carbocycles. The van der Waals surface area contributed by atoms with Gasteiger partial charge in [-0.3, -0.25) is 4.79 Å². The summed E-state index contributed by atoms with van der Waals surface area (Å²) in [4.78, 5) is 25.3. The van der Waals surface area contributed by atoms with Crippen molar-refractivity contribution in [3.63, 3.8) is 0 Å². The number of para-hydroxylation sites is 1. The third-order valence-electron chi connectivity index (χ3n) is 5.73. The molecule has 0 radical (unpaired) electrons. The van der Waals surface area contributed by atoms with Crippen LogP contribution in [-0.4, -0.2) is 31.7 Å². The van der Waals surface area contributed by atoms with Gasteiger partial charge in [0.15, 0.2) is 18.1 Å². The maximum absolute atomic E-state index is 12.8. The van der Waals surface area contributed by atoms with Crippen LogP contribution in [0.3, 0.4) is 0 Å². The van der Waals surface area contributed by atoms with E-state index in [9.17, 15) is 14.9 Å². The maximum atomic E-state index is 12.8. The zero-order valence-electron chi connectivity index (χ0n) is 21.4. The van der Waals surface area contributed by atoms with Gasteiger partial charge in [-0.1, -0.05) is 31.2 Å². The van der Waals surface area contributed by atoms with Crippen molar-refractivity contribution in [1.82, 2.24) is 0 Å². The maximum Gasteiger partial charge on any atom is 0.338 e. The van der Waals surface area contributed by atoms with Crippen LogP contribution in [0.1, 0.15) is 44.7 Å². The molecule has 9 nitrogen and oxygen atoms in total. The number of anilines is 1. The van der Waals surface area contributed by atoms with Gasteiger partial charge in [0.2, 0.25) is 5.88 Å². The predicted octanol–water partition coefficient (Wildman–Crippen LogP) is 4.31. The second-order valence-electron chi connectivity index (χ2n) is 8.10. The first kappa shape index (κ1) is 27.1. The smallest absolute Gasteiger partial charge is 0.338 e. The molecule has 0 aromatic heterocycles. The van der Waals surface area contributed by atoms with Gasteiger partial charge >= 0.3 is 5.97 Å². The summed E-state index contributed by atoms with van der Waals surface area (Å²) in [5, 5.41) is 12.7. The molecular formula is C28H31N3O6. The number of rotatable bonds is 10. The fraction of sp³-hybridized carbons (Fsp3) is 0.321. The molecule has 1 atom stereocenters. The predicted molar refractivity (Wildman–Crippen MR) is 138 cm³/mol. The van der Waals surface area contributed by atoms with Crippen LogP contribution in [-0.2, 0) is 25.5 Å². The third kappa shape index (κ3) is 6.22. The summed E-state index contributed by atoms with van der Waals surface area (Å²) in [6, 6.07) is 14.6. The number of amides is 1. The van der Waals surface area contributed by atoms with Crippen molar-refractivity contribution in [2.75, 3.05) is 25.1 Å². The number of aryl methyl sites for hydroxylation is 1. The lowest BCUT2D eigenvalue weighted by molar-refractivity contribution is -0.139. The average Bonchev–Trinajstić information content (AvgIpc) is 2.88. The largest absolute Gasteiger partial charge is 0.490 e. The van der Waals surface area contributed by atoms with Gasteiger partial charge < -0.3 is 30.0 Å². The highest BCUT2D eigenvalue weighted by Crippen LogP contribution is 2.42. The number of nitrogens with two attached hydrogens (primary N) is 1. The van der Waals surface area contributed by atoms with Gasteiger partial charge in [-0.2, -0.15) is 5.26 Å². The number of carbonyl (C=O) groups excluding carboxylic acids is 2. The first-order valence-electron chi connectivity index (χ1n) is 12.1. The molecule has 1 amide bonds. The van der Waals surface area contributed by atoms with E-state index in [1.807, 2.05) is 38.1 Å². The molecule has 1 unspecified atom stereocenters. The Balaban J connectivity index is 1.89. The van der Waals surface area contributed by atoms with Crippen molar-refractivity contribution in [3.8, 4) is 17.6 Å². The Morgan fingerprint density at radius 1 is 1.08 bits per heavy atom. The molecule has 2 aromatic rings. The van der Waals surface area contributed by atoms with Crippen molar-refractivity contribution in [2.24, 2.45) is 5.73 Å². The second kappa shape index (κ2) is 12.5. The molecule has 37 heavy (non-hydrogen) atoms. The SMILES string of the molecule is CCOC(=O)C1=C(C)OC(N)=C(C#N)C1c1ccc(OCC(=O)Nc2ccccc2CC)c(OCC)c1. The fourth-order valence-corrected chi connectivity index (χ4v) is 4.06. The number of hydrogen-bond donors (Lipinski definition) is 2. The molecule has 1 aliphatic rings. The Labute approximate surface area is 216 Å². The summed E-state index contributed by atoms with van der Waals surface area (Å²) in [5.74, 6) is -0.881. The third-order valence-corrected chi connectivity index (χ3v) is 5.73. The van der Waals surface area contributed by atoms with Gasteiger partial charge in [0.1, 0.15) is 17.4 Å². The summed E-state index contributed by atoms with van der Waals surface area (Å²) < 4.78 is 22.2. The monoisotopic (exact) mass is 505 g/mol. The number of allylic oxidation sites excluding steroid dienone is 2. The Morgan fingerprint density at radius 3 is 2.51 bits per heavy atom. The molecule has 0 spiro atoms. The standard InChI is InChI=1S/C28H31N3O6/c1-5-18-10-8-9-11-21(18)31-24(32)16-36-22-13-12-19(14-23(22)34-6-2)26-20(15-29)27(30)37-17(4)25(26)28(33)35-7-3/h8-14,26H,5-7,16,30H2,1-4H3,(H,31,32). The topological polar surface area (TPSA) is 133 Å². The zero-order chi connectivity index (χ0) is 26.9. The number of nitriles is 1. The van der Waals surface area contributed by atoms with E-state index in [-0.39, 0.29) is 41.9 Å². The van der Waals surface area contributed by atoms with Crippen molar-refractivity contribution in [3.05, 3.63) is 76.4 Å². The van der Waals surface area contributed by atoms with E-state index in [2.05, 4.69) is 11.4 Å². The van der Waals surface area contributed by atoms with E-state index in [1.165, 1.54) is 0 Å². The first-order valence-corrected chi connectivity index (χ1v) is 12.1. The number of nitrogens with one attached hydrogen (secondary N) is 1. The second-order valence-corrected chi connectivity index (χ2v) is 8.10. The summed E-state index contributed by atoms with van der Waals surface area (Å²) in [6.07, 6.45) is 0.783. The minimum absolute atomic E-state index is 0.0822. The minimum Gasteiger partial charge on any atom is -0.490 e. The Hall–Kier alpha value is -4.45. The summed E-state index contributed by atoms with van der Waals surface area (Å²) >= 11 is 0. The molecular weight excluding hydrogens is 474 g/mol. The van der Waals surface area contributed by atoms with Crippen molar-refractivity contribution in [2.45, 2.75) is 40.0 Å². The van der Waals surface area contributed by atoms with E-state index < -0.39 is 11.9 Å². The summed E-state index contributed by atoms with van der Waals surface area (Å²) in [5.41, 5.74) is 8.56. The van der Waals surface area contributed by atoms with E-state index in [0.717, 1.165) is 17.7 Å². The van der Waals surface area contributed by atoms with Crippen LogP contribution < -0.4 is 20.5 Å². The zero-order valence-corrected chi connectivity index (χ0v) is 21.4. The molecule has 3 N–H and O–H groups in total. The van der Waals surface area contributed by atoms with Gasteiger partial charge in [-0.15, -0.1) is 0 Å². The van der Waals surface area contributed by atoms with E-state index in [4.69, 9.17) is 24.7 Å². The molecule has 0 saturated carbocycles. The Kier molecular flexibility index (Phi) is 9.16. The van der Waals surface area contributed by atoms with Gasteiger partial charge in [0.05, 0.1) is 24.7 Å². The van der Waals surface area contributed by atoms with E-state index in [0.29, 0.717) is 23.7 Å². The van der Waals surface area contributed by atoms with Crippen molar-refractivity contribution >= 4 is 17.6 Å². The lowest BCUT2D eigenvalue weighted by atomic mass is 9.83. The van der Waals surface area contributed by atoms with Crippen LogP contribution in [0.25, 0.3) is 0 Å². The molecule has 9 heteroatoms. The van der Waals surface area contributed by atoms with Crippen LogP contribution >= 0.6 is 0 Å². The highest BCUT2D eigenvalue weighted by atomic mass is 16.5. The van der Waals surface area contributed by atoms with Crippen LogP contribution in [0, 0.1) is 11.3 Å². The van der Waals surface area contributed by atoms with Gasteiger partial charge in [-0.05, 0) is 56.5 Å². The van der Waals surface area contributed by atoms with Crippen LogP contribution in [0.4, 0.5) is 5.69 Å². The molecule has 0 fully saturated rings. The van der Waals surface area contributed by atoms with E-state index >= 15 is 0 Å². The van der Waals surface area contributed by atoms with Crippen LogP contribution in [0.15, 0.2) is 65.3 Å². The van der Waals surface area contributed by atoms with Gasteiger partial charge in [-0.25, -0.2) is 4.79 Å². The molecule has 1 heterocycles. The quantitative estimate of drug-likeness (QED) is 0.457. The number of esters is 1. The van der Waals surface area contributed by atoms with Crippen LogP contribution in [0.2, 0.25) is 0 Å². The number of ether oxygens (including phenoxy) is 4. The van der Waals surface area contributed by atoms with Gasteiger partial charge in [0, 0.05) is 5.69 Å². The lowest BCUT2D eigenvalue weighted by Crippen LogP contribution is -2.25. The first-order chi connectivity index (χ1) is 17.8. The number of nitrogens with zero attached hydrogens (tertiary/aromatic N) is 1. The number of carbonyl (C=O) groups is 2. The van der Waals surface area contributed by atoms with Crippen molar-refractivity contribution < 1.29 is 28.5 Å². The van der Waals surface area contributed by atoms with E-state index in [1.54, 1.807) is 32.0 Å². The minimum atomic E-state index is -0.820. The van der Waals surface area contributed by atoms with Gasteiger partial charge in [0.25, 0.3) is 5.91 Å². The molecule has 0 saturated heterocycles. The molecule has 1 aliphatic heterocycles. The molecule has 0 aliphatic carbocycles. The highest BCUT2D eigenvalue weighted by Gasteiger charge is 2.36. The summed E-state index contributed by atoms with van der Waals surface area (Å²) in [7, 11) is 0. The molecule has 3 rings (SSSR count). The number of hydrogen-bond acceptors (Lipinski definition) is 8. The Bertz CT molecular complexity index is 1270. The average molecular weight is 506 g/mol.